The third kappa shape index (κ3) is 1.57. The molecule has 0 saturated carbocycles. The minimum absolute atomic E-state index is 0.475. The normalized spacial score (nSPS) is 23.4. The van der Waals surface area contributed by atoms with E-state index in [-0.39, 0.29) is 0 Å². The quantitative estimate of drug-likeness (QED) is 0.102. The number of ether oxygens (including phenoxy) is 1. The molecule has 72 heavy (non-hydrogen) atoms. The first-order valence-corrected chi connectivity index (χ1v) is 26.3. The van der Waals surface area contributed by atoms with E-state index in [0.717, 1.165) is 11.0 Å². The van der Waals surface area contributed by atoms with Crippen LogP contribution in [0.2, 0.25) is 0 Å². The fourth-order valence-corrected chi connectivity index (χ4v) is 24.1. The Labute approximate surface area is 388 Å². The minimum Gasteiger partial charge on any atom is -0.394 e. The van der Waals surface area contributed by atoms with E-state index in [1.165, 1.54) is 215 Å². The highest BCUT2D eigenvalue weighted by Gasteiger charge is 2.53. The van der Waals surface area contributed by atoms with Crippen molar-refractivity contribution >= 4 is 323 Å². The topological polar surface area (TPSA) is 95.1 Å². The van der Waals surface area contributed by atoms with Gasteiger partial charge in [0.25, 0.3) is 0 Å². The van der Waals surface area contributed by atoms with Gasteiger partial charge in [0.1, 0.15) is 24.4 Å². The smallest absolute Gasteiger partial charge is 0.163 e. The van der Waals surface area contributed by atoms with E-state index in [9.17, 15) is 20.4 Å². The molecule has 4 N–H and O–H groups in total. The molecule has 0 unspecified atom stereocenters. The van der Waals surface area contributed by atoms with Gasteiger partial charge >= 0.3 is 0 Å². The second kappa shape index (κ2) is 6.52. The summed E-state index contributed by atoms with van der Waals surface area (Å²) in [6.45, 7) is -0.475. The van der Waals surface area contributed by atoms with Crippen LogP contribution in [0, 0.1) is 0 Å². The highest BCUT2D eigenvalue weighted by atomic mass is 16.6. The largest absolute Gasteiger partial charge is 0.394 e. The van der Waals surface area contributed by atoms with Gasteiger partial charge in [-0.25, -0.2) is 0 Å². The molecular formula is C66H11NO5. The molecule has 0 radical (unpaired) electrons. The van der Waals surface area contributed by atoms with E-state index in [4.69, 9.17) is 4.74 Å². The van der Waals surface area contributed by atoms with Gasteiger partial charge in [-0.05, 0) is 0 Å². The van der Waals surface area contributed by atoms with E-state index >= 15 is 0 Å². The van der Waals surface area contributed by atoms with E-state index < -0.39 is 37.3 Å². The van der Waals surface area contributed by atoms with Crippen molar-refractivity contribution in [2.75, 3.05) is 6.61 Å². The molecule has 6 nitrogen and oxygen atoms in total. The number of aliphatic hydroxyl groups excluding tert-OH is 4. The number of rotatable bonds is 2. The number of benzene rings is 19. The van der Waals surface area contributed by atoms with Gasteiger partial charge in [-0.1, -0.05) is 0 Å². The highest BCUT2D eigenvalue weighted by Crippen LogP contribution is 2.80. The van der Waals surface area contributed by atoms with Crippen LogP contribution in [0.4, 0.5) is 0 Å². The molecule has 32 rings (SSSR count). The summed E-state index contributed by atoms with van der Waals surface area (Å²) in [6.07, 6.45) is -6.60. The van der Waals surface area contributed by atoms with Crippen LogP contribution >= 0.6 is 0 Å². The number of fused-ring (bicyclic) bond motifs is 5. The molecule has 1 saturated heterocycles. The molecule has 1 aromatic heterocycles. The molecule has 0 amide bonds. The van der Waals surface area contributed by atoms with Crippen LogP contribution in [0.15, 0.2) is 0 Å². The van der Waals surface area contributed by atoms with E-state index in [0.29, 0.717) is 0 Å². The van der Waals surface area contributed by atoms with Gasteiger partial charge in [-0.2, -0.15) is 0 Å². The summed E-state index contributed by atoms with van der Waals surface area (Å²) in [5, 5.41) is 133. The average molecular weight is 898 g/mol. The van der Waals surface area contributed by atoms with Crippen molar-refractivity contribution in [2.24, 2.45) is 0 Å². The van der Waals surface area contributed by atoms with Crippen LogP contribution < -0.4 is 0 Å². The lowest BCUT2D eigenvalue weighted by Gasteiger charge is -2.42. The molecule has 30 aromatic carbocycles. The van der Waals surface area contributed by atoms with Crippen LogP contribution in [0.5, 0.6) is 0 Å². The fraction of sp³-hybridized carbons (Fsp3) is 0.0909. The van der Waals surface area contributed by atoms with Gasteiger partial charge in [0.05, 0.1) is 17.6 Å². The first-order chi connectivity index (χ1) is 35.7. The number of hydrogen-bond acceptors (Lipinski definition) is 5. The lowest BCUT2D eigenvalue weighted by atomic mass is 9.84. The molecule has 5 atom stereocenters. The summed E-state index contributed by atoms with van der Waals surface area (Å²) < 4.78 is 9.44. The van der Waals surface area contributed by atoms with Crippen molar-refractivity contribution in [2.45, 2.75) is 30.6 Å². The van der Waals surface area contributed by atoms with Gasteiger partial charge in [0.15, 0.2) is 6.23 Å². The summed E-state index contributed by atoms with van der Waals surface area (Å²) in [5.74, 6) is 0. The van der Waals surface area contributed by atoms with Crippen molar-refractivity contribution in [1.82, 2.24) is 4.57 Å². The fourth-order valence-electron chi connectivity index (χ4n) is 24.1. The molecule has 0 aliphatic carbocycles. The number of aromatic nitrogens is 1. The summed E-state index contributed by atoms with van der Waals surface area (Å²) in [7, 11) is 0. The molecule has 0 bridgehead atoms. The second-order valence-electron chi connectivity index (χ2n) is 25.5. The van der Waals surface area contributed by atoms with E-state index in [1.54, 1.807) is 97.0 Å². The first kappa shape index (κ1) is 28.0. The number of pyridine rings is 1. The molecule has 31 aromatic rings. The zero-order valence-corrected chi connectivity index (χ0v) is 36.2. The van der Waals surface area contributed by atoms with E-state index in [1.807, 2.05) is 0 Å². The zero-order chi connectivity index (χ0) is 43.5. The average Bonchev–Trinajstić information content (AvgIpc) is 4.34. The maximum absolute atomic E-state index is 12.8. The number of aliphatic hydroxyl groups is 4. The lowest BCUT2D eigenvalue weighted by Crippen LogP contribution is -2.56. The Kier molecular flexibility index (Phi) is 2.54. The summed E-state index contributed by atoms with van der Waals surface area (Å²) in [4.78, 5) is 0. The maximum Gasteiger partial charge on any atom is 0.163 e. The predicted octanol–water partition coefficient (Wildman–Crippen LogP) is 15.1. The maximum atomic E-state index is 12.8. The van der Waals surface area contributed by atoms with Crippen molar-refractivity contribution in [3.8, 4) is 0 Å². The second-order valence-corrected chi connectivity index (χ2v) is 25.5. The molecule has 0 spiro atoms. The monoisotopic (exact) mass is 897 g/mol. The molecule has 1 fully saturated rings. The summed E-state index contributed by atoms with van der Waals surface area (Å²) in [6, 6.07) is 0. The van der Waals surface area contributed by atoms with Crippen LogP contribution in [-0.4, -0.2) is 56.0 Å². The third-order valence-electron chi connectivity index (χ3n) is 24.8. The molecule has 6 heteroatoms. The SMILES string of the molecule is OC[C@H]1O[C@@H](n2c3c4c5c6c7c8c9c%10c%11c%12c%13c%10c%10c8c8c%14c%10c%10c%13c%13c%15c%12c%12c%16c%11c%11c9c7c7c9c%11c%16c%11c%16c%12c%15c%12c%15c%13c%10c%10c%14c(c4c86)c4c%10c%15c6c%12c%16c8c%11c9c(c75)c3c8c6c42)[C@H](O)[C@@H](O)[C@@H]1O. The van der Waals surface area contributed by atoms with Crippen LogP contribution in [0.1, 0.15) is 6.23 Å². The predicted molar refractivity (Wildman–Crippen MR) is 297 cm³/mol. The van der Waals surface area contributed by atoms with Crippen LogP contribution in [-0.2, 0) is 4.74 Å². The number of nitrogens with zero attached hydrogens (tertiary/aromatic N) is 1. The van der Waals surface area contributed by atoms with Crippen molar-refractivity contribution in [3.05, 3.63) is 0 Å². The highest BCUT2D eigenvalue weighted by molar-refractivity contribution is 6.84. The van der Waals surface area contributed by atoms with Crippen LogP contribution in [0.25, 0.3) is 323 Å². The van der Waals surface area contributed by atoms with Gasteiger partial charge in [0.2, 0.25) is 0 Å². The Balaban J connectivity index is 1.17. The van der Waals surface area contributed by atoms with E-state index in [2.05, 4.69) is 4.57 Å². The standard InChI is InChI=1S/C66H11NO5/c68-1-2-63(69)64(70)65(71)66(72-2)67-61-57-50-43-31-23-14-5-3-4-6-9(5)18-25(23)33-34-26(18)24-15(6)17-13-8(4)11-10-7(3)12-16(14)29(31)37-35-21(12)19(10)27-28-20(11)22(13)36-38-30(17)32(24)44-46(34)55(54(57)45(33)43)58-51(44)49(38)53-42(36)40(28)47-39(27)41(35)52(48(37)50)59(61)56(47)60(53)62(58)67/h2,63-66,68-71H,1H2/t2-,63-,64+,65-,66-/m1/s1. The van der Waals surface area contributed by atoms with Gasteiger partial charge in [0, 0.05) is 312 Å². The molecule has 310 valence electrons. The summed E-state index contributed by atoms with van der Waals surface area (Å²) >= 11 is 0. The van der Waals surface area contributed by atoms with Gasteiger partial charge < -0.3 is 29.7 Å². The number of hydrogen-bond donors (Lipinski definition) is 4. The third-order valence-corrected chi connectivity index (χ3v) is 24.8. The zero-order valence-electron chi connectivity index (χ0n) is 36.2. The summed E-state index contributed by atoms with van der Waals surface area (Å²) in [5.41, 5.74) is 2.19. The Morgan fingerprint density at radius 2 is 0.375 bits per heavy atom. The molecule has 2 heterocycles. The minimum atomic E-state index is -1.52. The Hall–Kier alpha value is -8.20. The van der Waals surface area contributed by atoms with Crippen molar-refractivity contribution in [3.63, 3.8) is 0 Å². The van der Waals surface area contributed by atoms with Gasteiger partial charge in [-0.3, -0.25) is 0 Å². The van der Waals surface area contributed by atoms with Crippen LogP contribution in [0.3, 0.4) is 0 Å². The Bertz CT molecular complexity index is 7070. The molecular weight excluding hydrogens is 887 g/mol. The lowest BCUT2D eigenvalue weighted by molar-refractivity contribution is -0.249. The first-order valence-electron chi connectivity index (χ1n) is 26.3. The van der Waals surface area contributed by atoms with Crippen molar-refractivity contribution < 1.29 is 25.2 Å². The Morgan fingerprint density at radius 1 is 0.222 bits per heavy atom. The molecule has 1 aliphatic rings. The molecule has 1 aliphatic heterocycles. The van der Waals surface area contributed by atoms with Gasteiger partial charge in [-0.15, -0.1) is 0 Å². The van der Waals surface area contributed by atoms with Crippen molar-refractivity contribution in [1.29, 1.82) is 0 Å². The Morgan fingerprint density at radius 3 is 0.542 bits per heavy atom.